The first-order valence-corrected chi connectivity index (χ1v) is 8.19. The van der Waals surface area contributed by atoms with E-state index in [2.05, 4.69) is 19.9 Å². The van der Waals surface area contributed by atoms with Crippen molar-refractivity contribution in [2.24, 2.45) is 5.73 Å². The van der Waals surface area contributed by atoms with Gasteiger partial charge in [-0.05, 0) is 12.1 Å². The number of pyridine rings is 1. The second-order valence-corrected chi connectivity index (χ2v) is 5.92. The van der Waals surface area contributed by atoms with Gasteiger partial charge >= 0.3 is 0 Å². The van der Waals surface area contributed by atoms with Crippen molar-refractivity contribution < 1.29 is 24.9 Å². The lowest BCUT2D eigenvalue weighted by molar-refractivity contribution is -0.0511. The Hall–Kier alpha value is -3.19. The first-order valence-electron chi connectivity index (χ1n) is 8.19. The van der Waals surface area contributed by atoms with Crippen molar-refractivity contribution in [3.8, 4) is 0 Å². The predicted molar refractivity (Wildman–Crippen MR) is 95.5 cm³/mol. The fraction of sp³-hybridized carbons (Fsp3) is 0.312. The number of nitrogens with two attached hydrogens (primary N) is 2. The number of aliphatic hydroxyl groups is 3. The van der Waals surface area contributed by atoms with Gasteiger partial charge in [-0.3, -0.25) is 14.3 Å². The van der Waals surface area contributed by atoms with E-state index in [1.165, 1.54) is 23.4 Å². The zero-order valence-electron chi connectivity index (χ0n) is 14.5. The number of nitrogens with zero attached hydrogens (tertiary/aromatic N) is 5. The van der Waals surface area contributed by atoms with Crippen molar-refractivity contribution in [3.63, 3.8) is 0 Å². The number of carbonyl (C=O) groups excluding carboxylic acids is 1. The molecule has 0 aliphatic carbocycles. The molecule has 7 N–H and O–H groups in total. The number of aromatic nitrogens is 5. The Labute approximate surface area is 158 Å². The van der Waals surface area contributed by atoms with Crippen LogP contribution in [-0.4, -0.2) is 70.6 Å². The third-order valence-corrected chi connectivity index (χ3v) is 4.12. The van der Waals surface area contributed by atoms with Crippen LogP contribution in [0, 0.1) is 0 Å². The highest BCUT2D eigenvalue weighted by molar-refractivity contribution is 5.92. The summed E-state index contributed by atoms with van der Waals surface area (Å²) in [6, 6.07) is 3.29. The minimum atomic E-state index is -1.19. The monoisotopic (exact) mass is 389 g/mol. The largest absolute Gasteiger partial charge is 0.394 e. The molecule has 12 nitrogen and oxygen atoms in total. The molecule has 4 heterocycles. The number of aliphatic hydroxyl groups excluding tert-OH is 3. The molecule has 148 valence electrons. The fourth-order valence-corrected chi connectivity index (χ4v) is 2.67. The normalized spacial score (nSPS) is 24.0. The summed E-state index contributed by atoms with van der Waals surface area (Å²) in [5.74, 6) is -0.224. The zero-order chi connectivity index (χ0) is 20.3. The minimum absolute atomic E-state index is 0.218. The molecule has 0 saturated carbocycles. The van der Waals surface area contributed by atoms with E-state index in [9.17, 15) is 15.0 Å². The van der Waals surface area contributed by atoms with Crippen molar-refractivity contribution in [2.75, 3.05) is 12.3 Å². The molecule has 12 heteroatoms. The van der Waals surface area contributed by atoms with E-state index >= 15 is 0 Å². The van der Waals surface area contributed by atoms with E-state index < -0.39 is 37.1 Å². The van der Waals surface area contributed by atoms with Gasteiger partial charge in [0, 0.05) is 12.4 Å². The Morgan fingerprint density at radius 2 is 2.04 bits per heavy atom. The molecule has 0 aromatic carbocycles. The molecule has 1 fully saturated rings. The smallest absolute Gasteiger partial charge is 0.250 e. The Kier molecular flexibility index (Phi) is 5.75. The van der Waals surface area contributed by atoms with Gasteiger partial charge in [-0.15, -0.1) is 0 Å². The minimum Gasteiger partial charge on any atom is -0.394 e. The van der Waals surface area contributed by atoms with Crippen molar-refractivity contribution in [1.29, 1.82) is 0 Å². The lowest BCUT2D eigenvalue weighted by atomic mass is 10.1. The van der Waals surface area contributed by atoms with Crippen LogP contribution < -0.4 is 11.5 Å². The van der Waals surface area contributed by atoms with Crippen molar-refractivity contribution in [2.45, 2.75) is 24.5 Å². The van der Waals surface area contributed by atoms with Gasteiger partial charge in [0.15, 0.2) is 17.7 Å². The molecular formula is C16H19N7O5. The number of nitrogen functional groups attached to an aromatic ring is 1. The number of imidazole rings is 1. The molecular weight excluding hydrogens is 370 g/mol. The summed E-state index contributed by atoms with van der Waals surface area (Å²) < 4.78 is 6.85. The van der Waals surface area contributed by atoms with Gasteiger partial charge < -0.3 is 31.5 Å². The third-order valence-electron chi connectivity index (χ3n) is 4.12. The molecule has 1 aliphatic heterocycles. The molecule has 1 aliphatic rings. The van der Waals surface area contributed by atoms with Crippen LogP contribution in [0.1, 0.15) is 16.6 Å². The summed E-state index contributed by atoms with van der Waals surface area (Å²) in [6.45, 7) is -0.390. The fourth-order valence-electron chi connectivity index (χ4n) is 2.67. The summed E-state index contributed by atoms with van der Waals surface area (Å²) >= 11 is 0. The number of fused-ring (bicyclic) bond motifs is 1. The van der Waals surface area contributed by atoms with Gasteiger partial charge in [-0.1, -0.05) is 0 Å². The standard InChI is InChI=1S/C10H13N5O4.C6H6N2O/c11-8-5-9(13-2-12-8)15(3-14-5)10-7(18)6(17)4(1-16)19-10;7-6(9)5-2-1-3-8-4-5/h2-4,6-7,10,16-18H,1H2,(H2,11,12,13);1-4H,(H2,7,9)/t4-,6-,7-,10-;/m1./s1. The van der Waals surface area contributed by atoms with Crippen molar-refractivity contribution in [3.05, 3.63) is 42.7 Å². The molecule has 1 saturated heterocycles. The predicted octanol–water partition coefficient (Wildman–Crippen LogP) is -1.80. The van der Waals surface area contributed by atoms with E-state index in [1.807, 2.05) is 0 Å². The summed E-state index contributed by atoms with van der Waals surface area (Å²) in [5.41, 5.74) is 11.8. The lowest BCUT2D eigenvalue weighted by Crippen LogP contribution is -2.33. The van der Waals surface area contributed by atoms with E-state index in [0.29, 0.717) is 16.7 Å². The molecule has 0 spiro atoms. The first kappa shape index (κ1) is 19.6. The number of primary amides is 1. The van der Waals surface area contributed by atoms with Crippen LogP contribution in [0.4, 0.5) is 5.82 Å². The maximum absolute atomic E-state index is 10.4. The van der Waals surface area contributed by atoms with Gasteiger partial charge in [-0.25, -0.2) is 15.0 Å². The van der Waals surface area contributed by atoms with Crippen molar-refractivity contribution in [1.82, 2.24) is 24.5 Å². The third kappa shape index (κ3) is 3.75. The van der Waals surface area contributed by atoms with E-state index in [0.717, 1.165) is 0 Å². The number of hydrogen-bond donors (Lipinski definition) is 5. The average Bonchev–Trinajstić information content (AvgIpc) is 3.25. The Balaban J connectivity index is 0.000000211. The highest BCUT2D eigenvalue weighted by Gasteiger charge is 2.43. The van der Waals surface area contributed by atoms with Crippen LogP contribution in [0.3, 0.4) is 0 Å². The molecule has 3 aromatic rings. The van der Waals surface area contributed by atoms with Gasteiger partial charge in [0.2, 0.25) is 5.91 Å². The molecule has 0 radical (unpaired) electrons. The highest BCUT2D eigenvalue weighted by atomic mass is 16.6. The summed E-state index contributed by atoms with van der Waals surface area (Å²) in [6.07, 6.45) is 1.60. The van der Waals surface area contributed by atoms with Crippen molar-refractivity contribution >= 4 is 22.9 Å². The zero-order valence-corrected chi connectivity index (χ0v) is 14.5. The molecule has 4 rings (SSSR count). The number of amides is 1. The summed E-state index contributed by atoms with van der Waals surface area (Å²) in [5, 5.41) is 28.7. The Bertz CT molecular complexity index is 951. The van der Waals surface area contributed by atoms with Crippen LogP contribution in [0.25, 0.3) is 11.2 Å². The van der Waals surface area contributed by atoms with Crippen LogP contribution in [-0.2, 0) is 4.74 Å². The number of hydrogen-bond acceptors (Lipinski definition) is 10. The summed E-state index contributed by atoms with van der Waals surface area (Å²) in [4.78, 5) is 26.0. The number of ether oxygens (including phenoxy) is 1. The maximum atomic E-state index is 10.4. The number of rotatable bonds is 3. The van der Waals surface area contributed by atoms with Gasteiger partial charge in [0.1, 0.15) is 30.2 Å². The van der Waals surface area contributed by atoms with E-state index in [4.69, 9.17) is 21.3 Å². The quantitative estimate of drug-likeness (QED) is 0.341. The second kappa shape index (κ2) is 8.22. The summed E-state index contributed by atoms with van der Waals surface area (Å²) in [7, 11) is 0. The molecule has 3 aromatic heterocycles. The van der Waals surface area contributed by atoms with Crippen LogP contribution in [0.2, 0.25) is 0 Å². The van der Waals surface area contributed by atoms with E-state index in [-0.39, 0.29) is 5.82 Å². The Morgan fingerprint density at radius 1 is 1.25 bits per heavy atom. The van der Waals surface area contributed by atoms with Gasteiger partial charge in [-0.2, -0.15) is 0 Å². The van der Waals surface area contributed by atoms with Gasteiger partial charge in [0.05, 0.1) is 18.5 Å². The van der Waals surface area contributed by atoms with E-state index in [1.54, 1.807) is 18.3 Å². The topological polar surface area (TPSA) is 196 Å². The first-order chi connectivity index (χ1) is 13.4. The number of anilines is 1. The molecule has 4 atom stereocenters. The lowest BCUT2D eigenvalue weighted by Gasteiger charge is -2.16. The molecule has 0 bridgehead atoms. The molecule has 0 unspecified atom stereocenters. The number of carbonyl (C=O) groups is 1. The highest BCUT2D eigenvalue weighted by Crippen LogP contribution is 2.31. The van der Waals surface area contributed by atoms with Crippen LogP contribution in [0.5, 0.6) is 0 Å². The second-order valence-electron chi connectivity index (χ2n) is 5.92. The van der Waals surface area contributed by atoms with Gasteiger partial charge in [0.25, 0.3) is 0 Å². The Morgan fingerprint density at radius 3 is 2.61 bits per heavy atom. The molecule has 28 heavy (non-hydrogen) atoms. The SMILES string of the molecule is NC(=O)c1cccnc1.Nc1ncnc2c1ncn2[C@@H]1O[C@H](CO)[C@@H](O)[C@H]1O. The van der Waals surface area contributed by atoms with Crippen LogP contribution >= 0.6 is 0 Å². The molecule has 1 amide bonds. The van der Waals surface area contributed by atoms with Crippen LogP contribution in [0.15, 0.2) is 37.2 Å². The maximum Gasteiger partial charge on any atom is 0.250 e. The average molecular weight is 389 g/mol.